The fourth-order valence-corrected chi connectivity index (χ4v) is 3.37. The molecular weight excluding hydrogens is 182 g/mol. The molecule has 15 heavy (non-hydrogen) atoms. The minimum Gasteiger partial charge on any atom is -0.316 e. The molecule has 0 aromatic carbocycles. The first kappa shape index (κ1) is 11.4. The first-order valence-corrected chi connectivity index (χ1v) is 6.99. The first-order valence-electron chi connectivity index (χ1n) is 6.99. The van der Waals surface area contributed by atoms with Crippen molar-refractivity contribution < 1.29 is 0 Å². The van der Waals surface area contributed by atoms with E-state index in [0.29, 0.717) is 5.41 Å². The number of nitrogens with one attached hydrogen (secondary N) is 1. The monoisotopic (exact) mass is 209 g/mol. The van der Waals surface area contributed by atoms with Crippen LogP contribution in [0.3, 0.4) is 0 Å². The summed E-state index contributed by atoms with van der Waals surface area (Å²) in [6, 6.07) is 0. The molecule has 1 nitrogen and oxygen atoms in total. The second kappa shape index (κ2) is 5.34. The van der Waals surface area contributed by atoms with Crippen LogP contribution >= 0.6 is 0 Å². The predicted molar refractivity (Wildman–Crippen MR) is 66.0 cm³/mol. The van der Waals surface area contributed by atoms with E-state index >= 15 is 0 Å². The van der Waals surface area contributed by atoms with Crippen LogP contribution in [0.15, 0.2) is 0 Å². The van der Waals surface area contributed by atoms with Crippen LogP contribution in [0.5, 0.6) is 0 Å². The lowest BCUT2D eigenvalue weighted by Crippen LogP contribution is -2.35. The van der Waals surface area contributed by atoms with E-state index in [1.165, 1.54) is 70.9 Å². The molecule has 0 atom stereocenters. The minimum atomic E-state index is 0.622. The van der Waals surface area contributed by atoms with Crippen LogP contribution in [0.2, 0.25) is 0 Å². The quantitative estimate of drug-likeness (QED) is 0.744. The summed E-state index contributed by atoms with van der Waals surface area (Å²) in [6.07, 6.45) is 13.2. The molecule has 2 fully saturated rings. The van der Waals surface area contributed by atoms with Crippen LogP contribution in [0.1, 0.15) is 64.7 Å². The summed E-state index contributed by atoms with van der Waals surface area (Å²) in [5, 5.41) is 3.74. The van der Waals surface area contributed by atoms with Crippen LogP contribution < -0.4 is 5.32 Å². The Labute approximate surface area is 95.0 Å². The molecule has 1 N–H and O–H groups in total. The van der Waals surface area contributed by atoms with Gasteiger partial charge in [0, 0.05) is 6.54 Å². The van der Waals surface area contributed by atoms with Crippen molar-refractivity contribution in [3.05, 3.63) is 0 Å². The Morgan fingerprint density at radius 2 is 1.67 bits per heavy atom. The van der Waals surface area contributed by atoms with Crippen LogP contribution in [0, 0.1) is 11.3 Å². The van der Waals surface area contributed by atoms with Gasteiger partial charge in [-0.25, -0.2) is 0 Å². The van der Waals surface area contributed by atoms with Gasteiger partial charge in [0.25, 0.3) is 0 Å². The molecule has 0 heterocycles. The van der Waals surface area contributed by atoms with Gasteiger partial charge in [0.2, 0.25) is 0 Å². The van der Waals surface area contributed by atoms with Crippen LogP contribution in [-0.2, 0) is 0 Å². The Bertz CT molecular complexity index is 176. The average molecular weight is 209 g/mol. The zero-order valence-corrected chi connectivity index (χ0v) is 10.4. The van der Waals surface area contributed by atoms with E-state index in [0.717, 1.165) is 5.92 Å². The molecule has 0 aliphatic heterocycles. The molecule has 0 spiro atoms. The highest BCUT2D eigenvalue weighted by atomic mass is 14.9. The van der Waals surface area contributed by atoms with E-state index in [1.54, 1.807) is 0 Å². The van der Waals surface area contributed by atoms with E-state index in [2.05, 4.69) is 12.2 Å². The van der Waals surface area contributed by atoms with E-state index in [4.69, 9.17) is 0 Å². The van der Waals surface area contributed by atoms with Crippen molar-refractivity contribution in [3.8, 4) is 0 Å². The molecule has 0 aromatic rings. The molecule has 0 saturated heterocycles. The van der Waals surface area contributed by atoms with Crippen molar-refractivity contribution >= 4 is 0 Å². The first-order chi connectivity index (χ1) is 7.29. The van der Waals surface area contributed by atoms with Crippen molar-refractivity contribution in [2.75, 3.05) is 13.1 Å². The molecule has 2 saturated carbocycles. The third kappa shape index (κ3) is 3.48. The molecule has 2 aliphatic carbocycles. The maximum atomic E-state index is 3.74. The molecular formula is C14H27N. The molecule has 2 aliphatic rings. The third-order valence-electron chi connectivity index (χ3n) is 4.52. The molecule has 0 radical (unpaired) electrons. The summed E-state index contributed by atoms with van der Waals surface area (Å²) in [5.74, 6) is 0.997. The standard InChI is InChI=1S/C14H27N/c1-14(9-5-2-6-10-14)12-15-11-13-7-3-4-8-13/h13,15H,2-12H2,1H3. The molecule has 0 aromatic heterocycles. The van der Waals surface area contributed by atoms with Crippen LogP contribution in [-0.4, -0.2) is 13.1 Å². The van der Waals surface area contributed by atoms with Gasteiger partial charge in [0.05, 0.1) is 0 Å². The molecule has 1 heteroatoms. The largest absolute Gasteiger partial charge is 0.316 e. The van der Waals surface area contributed by atoms with E-state index in [9.17, 15) is 0 Å². The molecule has 0 amide bonds. The van der Waals surface area contributed by atoms with Crippen molar-refractivity contribution in [1.29, 1.82) is 0 Å². The second-order valence-electron chi connectivity index (χ2n) is 6.15. The lowest BCUT2D eigenvalue weighted by molar-refractivity contribution is 0.204. The van der Waals surface area contributed by atoms with Crippen LogP contribution in [0.4, 0.5) is 0 Å². The fourth-order valence-electron chi connectivity index (χ4n) is 3.37. The van der Waals surface area contributed by atoms with Gasteiger partial charge < -0.3 is 5.32 Å². The lowest BCUT2D eigenvalue weighted by atomic mass is 9.75. The highest BCUT2D eigenvalue weighted by Crippen LogP contribution is 2.35. The lowest BCUT2D eigenvalue weighted by Gasteiger charge is -2.34. The van der Waals surface area contributed by atoms with Crippen molar-refractivity contribution in [2.45, 2.75) is 64.7 Å². The Morgan fingerprint density at radius 1 is 1.00 bits per heavy atom. The summed E-state index contributed by atoms with van der Waals surface area (Å²) in [6.45, 7) is 5.03. The Balaban J connectivity index is 1.63. The summed E-state index contributed by atoms with van der Waals surface area (Å²) < 4.78 is 0. The van der Waals surface area contributed by atoms with Crippen molar-refractivity contribution in [3.63, 3.8) is 0 Å². The zero-order valence-electron chi connectivity index (χ0n) is 10.4. The summed E-state index contributed by atoms with van der Waals surface area (Å²) >= 11 is 0. The number of rotatable bonds is 4. The van der Waals surface area contributed by atoms with Crippen LogP contribution in [0.25, 0.3) is 0 Å². The SMILES string of the molecule is CC1(CNCC2CCCC2)CCCCC1. The van der Waals surface area contributed by atoms with Gasteiger partial charge in [-0.1, -0.05) is 39.0 Å². The van der Waals surface area contributed by atoms with Gasteiger partial charge >= 0.3 is 0 Å². The zero-order chi connectivity index (χ0) is 10.6. The Kier molecular flexibility index (Phi) is 4.07. The Morgan fingerprint density at radius 3 is 2.33 bits per heavy atom. The minimum absolute atomic E-state index is 0.622. The van der Waals surface area contributed by atoms with Gasteiger partial charge in [-0.15, -0.1) is 0 Å². The third-order valence-corrected chi connectivity index (χ3v) is 4.52. The highest BCUT2D eigenvalue weighted by Gasteiger charge is 2.26. The molecule has 0 bridgehead atoms. The normalized spacial score (nSPS) is 27.0. The Hall–Kier alpha value is -0.0400. The number of hydrogen-bond donors (Lipinski definition) is 1. The predicted octanol–water partition coefficient (Wildman–Crippen LogP) is 3.74. The maximum Gasteiger partial charge on any atom is 0.000527 e. The smallest absolute Gasteiger partial charge is 0.000527 e. The topological polar surface area (TPSA) is 12.0 Å². The van der Waals surface area contributed by atoms with Gasteiger partial charge in [0.15, 0.2) is 0 Å². The maximum absolute atomic E-state index is 3.74. The van der Waals surface area contributed by atoms with Gasteiger partial charge in [-0.3, -0.25) is 0 Å². The summed E-state index contributed by atoms with van der Waals surface area (Å²) in [4.78, 5) is 0. The fraction of sp³-hybridized carbons (Fsp3) is 1.00. The van der Waals surface area contributed by atoms with E-state index in [-0.39, 0.29) is 0 Å². The van der Waals surface area contributed by atoms with Gasteiger partial charge in [-0.2, -0.15) is 0 Å². The van der Waals surface area contributed by atoms with Gasteiger partial charge in [0.1, 0.15) is 0 Å². The average Bonchev–Trinajstić information content (AvgIpc) is 2.71. The van der Waals surface area contributed by atoms with Crippen molar-refractivity contribution in [1.82, 2.24) is 5.32 Å². The summed E-state index contributed by atoms with van der Waals surface area (Å²) in [7, 11) is 0. The second-order valence-corrected chi connectivity index (χ2v) is 6.15. The molecule has 0 unspecified atom stereocenters. The van der Waals surface area contributed by atoms with Gasteiger partial charge in [-0.05, 0) is 43.6 Å². The number of hydrogen-bond acceptors (Lipinski definition) is 1. The summed E-state index contributed by atoms with van der Waals surface area (Å²) in [5.41, 5.74) is 0.622. The molecule has 88 valence electrons. The molecule has 2 rings (SSSR count). The van der Waals surface area contributed by atoms with E-state index < -0.39 is 0 Å². The van der Waals surface area contributed by atoms with E-state index in [1.807, 2.05) is 0 Å². The van der Waals surface area contributed by atoms with Crippen molar-refractivity contribution in [2.24, 2.45) is 11.3 Å². The highest BCUT2D eigenvalue weighted by molar-refractivity contribution is 4.81.